The molecule has 0 spiro atoms. The minimum absolute atomic E-state index is 0.286. The molecule has 2 atom stereocenters. The second kappa shape index (κ2) is 4.75. The Morgan fingerprint density at radius 3 is 2.82 bits per heavy atom. The van der Waals surface area contributed by atoms with Gasteiger partial charge in [-0.2, -0.15) is 0 Å². The van der Waals surface area contributed by atoms with Crippen molar-refractivity contribution in [2.75, 3.05) is 6.54 Å². The van der Waals surface area contributed by atoms with E-state index in [4.69, 9.17) is 5.14 Å². The molecule has 2 unspecified atom stereocenters. The first-order chi connectivity index (χ1) is 7.97. The summed E-state index contributed by atoms with van der Waals surface area (Å²) in [6.07, 6.45) is 5.94. The Bertz CT molecular complexity index is 474. The highest BCUT2D eigenvalue weighted by atomic mass is 32.2. The molecule has 1 aliphatic rings. The Morgan fingerprint density at radius 2 is 2.35 bits per heavy atom. The van der Waals surface area contributed by atoms with Crippen LogP contribution in [-0.2, 0) is 23.5 Å². The Hall–Kier alpha value is -0.920. The van der Waals surface area contributed by atoms with Gasteiger partial charge in [0.15, 0.2) is 0 Å². The van der Waals surface area contributed by atoms with Gasteiger partial charge in [0, 0.05) is 38.4 Å². The molecule has 0 bridgehead atoms. The van der Waals surface area contributed by atoms with Gasteiger partial charge in [-0.15, -0.1) is 0 Å². The summed E-state index contributed by atoms with van der Waals surface area (Å²) in [6.45, 7) is 0.438. The van der Waals surface area contributed by atoms with Crippen LogP contribution in [0.3, 0.4) is 0 Å². The summed E-state index contributed by atoms with van der Waals surface area (Å²) in [6, 6.07) is 0.286. The number of nitrogens with one attached hydrogen (secondary N) is 1. The van der Waals surface area contributed by atoms with E-state index >= 15 is 0 Å². The van der Waals surface area contributed by atoms with Crippen molar-refractivity contribution >= 4 is 10.0 Å². The second-order valence-corrected chi connectivity index (χ2v) is 6.40. The standard InChI is InChI=1S/C10H18N4O2S/c1-14-5-4-12-10(14)6-8-2-3-9(7-13-8)17(11,15)16/h4-5,8-9,13H,2-3,6-7H2,1H3,(H2,11,15,16). The van der Waals surface area contributed by atoms with Crippen LogP contribution in [0, 0.1) is 0 Å². The highest BCUT2D eigenvalue weighted by molar-refractivity contribution is 7.89. The third-order valence-corrected chi connectivity index (χ3v) is 4.62. The van der Waals surface area contributed by atoms with Gasteiger partial charge in [0.1, 0.15) is 5.82 Å². The average Bonchev–Trinajstić information content (AvgIpc) is 2.64. The topological polar surface area (TPSA) is 90.0 Å². The number of piperidine rings is 1. The Morgan fingerprint density at radius 1 is 1.59 bits per heavy atom. The van der Waals surface area contributed by atoms with E-state index in [0.29, 0.717) is 13.0 Å². The smallest absolute Gasteiger partial charge is 0.213 e. The Balaban J connectivity index is 1.90. The summed E-state index contributed by atoms with van der Waals surface area (Å²) in [4.78, 5) is 4.26. The van der Waals surface area contributed by atoms with Crippen molar-refractivity contribution in [1.29, 1.82) is 0 Å². The monoisotopic (exact) mass is 258 g/mol. The van der Waals surface area contributed by atoms with Gasteiger partial charge in [-0.05, 0) is 12.8 Å². The molecule has 6 nitrogen and oxygen atoms in total. The molecule has 0 aromatic carbocycles. The van der Waals surface area contributed by atoms with Gasteiger partial charge in [-0.25, -0.2) is 18.5 Å². The summed E-state index contributed by atoms with van der Waals surface area (Å²) < 4.78 is 24.4. The second-order valence-electron chi connectivity index (χ2n) is 4.55. The van der Waals surface area contributed by atoms with Crippen molar-refractivity contribution in [3.05, 3.63) is 18.2 Å². The van der Waals surface area contributed by atoms with Gasteiger partial charge >= 0.3 is 0 Å². The summed E-state index contributed by atoms with van der Waals surface area (Å²) >= 11 is 0. The number of aryl methyl sites for hydroxylation is 1. The fourth-order valence-electron chi connectivity index (χ4n) is 2.16. The van der Waals surface area contributed by atoms with Gasteiger partial charge < -0.3 is 9.88 Å². The molecule has 0 aliphatic carbocycles. The molecule has 1 aliphatic heterocycles. The molecule has 1 aromatic rings. The highest BCUT2D eigenvalue weighted by Gasteiger charge is 2.28. The van der Waals surface area contributed by atoms with Crippen LogP contribution >= 0.6 is 0 Å². The number of rotatable bonds is 3. The van der Waals surface area contributed by atoms with Crippen molar-refractivity contribution < 1.29 is 8.42 Å². The van der Waals surface area contributed by atoms with Crippen LogP contribution in [0.15, 0.2) is 12.4 Å². The van der Waals surface area contributed by atoms with Crippen LogP contribution in [0.2, 0.25) is 0 Å². The van der Waals surface area contributed by atoms with E-state index in [0.717, 1.165) is 18.7 Å². The Labute approximate surface area is 101 Å². The maximum Gasteiger partial charge on any atom is 0.213 e. The summed E-state index contributed by atoms with van der Waals surface area (Å²) in [5, 5.41) is 7.92. The van der Waals surface area contributed by atoms with Crippen LogP contribution in [0.1, 0.15) is 18.7 Å². The van der Waals surface area contributed by atoms with Gasteiger partial charge in [0.05, 0.1) is 5.25 Å². The number of nitrogens with zero attached hydrogens (tertiary/aromatic N) is 2. The van der Waals surface area contributed by atoms with E-state index in [2.05, 4.69) is 10.3 Å². The van der Waals surface area contributed by atoms with Crippen LogP contribution in [0.5, 0.6) is 0 Å². The molecule has 1 fully saturated rings. The molecule has 3 N–H and O–H groups in total. The summed E-state index contributed by atoms with van der Waals surface area (Å²) in [5.74, 6) is 1.01. The van der Waals surface area contributed by atoms with Crippen molar-refractivity contribution in [2.45, 2.75) is 30.6 Å². The van der Waals surface area contributed by atoms with Crippen molar-refractivity contribution in [1.82, 2.24) is 14.9 Å². The van der Waals surface area contributed by atoms with Crippen molar-refractivity contribution in [3.63, 3.8) is 0 Å². The van der Waals surface area contributed by atoms with E-state index in [9.17, 15) is 8.42 Å². The van der Waals surface area contributed by atoms with Crippen LogP contribution < -0.4 is 10.5 Å². The average molecular weight is 258 g/mol. The molecule has 1 aromatic heterocycles. The SMILES string of the molecule is Cn1ccnc1CC1CCC(S(N)(=O)=O)CN1. The number of nitrogens with two attached hydrogens (primary N) is 1. The third kappa shape index (κ3) is 3.05. The predicted molar refractivity (Wildman–Crippen MR) is 64.8 cm³/mol. The molecule has 2 rings (SSSR count). The molecule has 0 radical (unpaired) electrons. The number of hydrogen-bond donors (Lipinski definition) is 2. The maximum absolute atomic E-state index is 11.2. The number of sulfonamides is 1. The number of hydrogen-bond acceptors (Lipinski definition) is 4. The fraction of sp³-hybridized carbons (Fsp3) is 0.700. The van der Waals surface area contributed by atoms with Gasteiger partial charge in [0.2, 0.25) is 10.0 Å². The number of aromatic nitrogens is 2. The molecule has 7 heteroatoms. The Kier molecular flexibility index (Phi) is 3.50. The van der Waals surface area contributed by atoms with E-state index < -0.39 is 15.3 Å². The van der Waals surface area contributed by atoms with Crippen LogP contribution in [0.25, 0.3) is 0 Å². The van der Waals surface area contributed by atoms with Gasteiger partial charge in [-0.3, -0.25) is 0 Å². The van der Waals surface area contributed by atoms with E-state index in [1.807, 2.05) is 17.8 Å². The van der Waals surface area contributed by atoms with Crippen LogP contribution in [0.4, 0.5) is 0 Å². The lowest BCUT2D eigenvalue weighted by molar-refractivity contribution is 0.389. The van der Waals surface area contributed by atoms with E-state index in [-0.39, 0.29) is 6.04 Å². The lowest BCUT2D eigenvalue weighted by Gasteiger charge is -2.28. The largest absolute Gasteiger partial charge is 0.338 e. The molecule has 0 saturated carbocycles. The maximum atomic E-state index is 11.2. The normalized spacial score (nSPS) is 26.0. The zero-order valence-corrected chi connectivity index (χ0v) is 10.7. The number of primary sulfonamides is 1. The first-order valence-corrected chi connectivity index (χ1v) is 7.29. The molecular formula is C10H18N4O2S. The first-order valence-electron chi connectivity index (χ1n) is 5.68. The molecule has 96 valence electrons. The summed E-state index contributed by atoms with van der Waals surface area (Å²) in [5.41, 5.74) is 0. The number of imidazole rings is 1. The first kappa shape index (κ1) is 12.5. The minimum Gasteiger partial charge on any atom is -0.338 e. The molecule has 1 saturated heterocycles. The lowest BCUT2D eigenvalue weighted by atomic mass is 10.0. The third-order valence-electron chi connectivity index (χ3n) is 3.29. The molecule has 17 heavy (non-hydrogen) atoms. The van der Waals surface area contributed by atoms with Crippen LogP contribution in [-0.4, -0.2) is 35.8 Å². The van der Waals surface area contributed by atoms with Crippen molar-refractivity contribution in [2.24, 2.45) is 12.2 Å². The highest BCUT2D eigenvalue weighted by Crippen LogP contribution is 2.15. The van der Waals surface area contributed by atoms with E-state index in [1.165, 1.54) is 0 Å². The van der Waals surface area contributed by atoms with Gasteiger partial charge in [0.25, 0.3) is 0 Å². The van der Waals surface area contributed by atoms with E-state index in [1.54, 1.807) is 6.20 Å². The minimum atomic E-state index is -3.40. The summed E-state index contributed by atoms with van der Waals surface area (Å²) in [7, 11) is -1.45. The molecule has 0 amide bonds. The predicted octanol–water partition coefficient (Wildman–Crippen LogP) is -0.628. The fourth-order valence-corrected chi connectivity index (χ4v) is 2.95. The lowest BCUT2D eigenvalue weighted by Crippen LogP contribution is -2.47. The zero-order valence-electron chi connectivity index (χ0n) is 9.83. The van der Waals surface area contributed by atoms with Gasteiger partial charge in [-0.1, -0.05) is 0 Å². The molecular weight excluding hydrogens is 240 g/mol. The zero-order chi connectivity index (χ0) is 12.5. The quantitative estimate of drug-likeness (QED) is 0.755. The molecule has 2 heterocycles. The van der Waals surface area contributed by atoms with Crippen molar-refractivity contribution in [3.8, 4) is 0 Å².